The molecule has 1 aromatic rings. The number of pyridine rings is 1. The molecule has 0 aliphatic heterocycles. The van der Waals surface area contributed by atoms with Crippen molar-refractivity contribution >= 4 is 11.8 Å². The van der Waals surface area contributed by atoms with E-state index >= 15 is 0 Å². The van der Waals surface area contributed by atoms with Crippen LogP contribution in [0, 0.1) is 6.92 Å². The van der Waals surface area contributed by atoms with Gasteiger partial charge in [0.1, 0.15) is 6.61 Å². The minimum atomic E-state index is -0.752. The van der Waals surface area contributed by atoms with Crippen LogP contribution >= 0.6 is 0 Å². The van der Waals surface area contributed by atoms with Gasteiger partial charge in [-0.1, -0.05) is 0 Å². The van der Waals surface area contributed by atoms with E-state index in [0.717, 1.165) is 11.4 Å². The van der Waals surface area contributed by atoms with E-state index in [1.54, 1.807) is 6.20 Å². The summed E-state index contributed by atoms with van der Waals surface area (Å²) in [4.78, 5) is 14.3. The predicted octanol–water partition coefficient (Wildman–Crippen LogP) is 0.897. The van der Waals surface area contributed by atoms with Gasteiger partial charge in [-0.05, 0) is 19.1 Å². The predicted molar refractivity (Wildman–Crippen MR) is 53.0 cm³/mol. The summed E-state index contributed by atoms with van der Waals surface area (Å²) < 4.78 is 4.55. The van der Waals surface area contributed by atoms with Crippen molar-refractivity contribution in [1.82, 2.24) is 4.98 Å². The van der Waals surface area contributed by atoms with Crippen LogP contribution in [0.5, 0.6) is 0 Å². The Morgan fingerprint density at radius 2 is 2.50 bits per heavy atom. The molecule has 0 fully saturated rings. The van der Waals surface area contributed by atoms with Crippen LogP contribution in [0.15, 0.2) is 18.3 Å². The molecule has 0 saturated carbocycles. The van der Waals surface area contributed by atoms with E-state index in [2.05, 4.69) is 15.0 Å². The third-order valence-electron chi connectivity index (χ3n) is 1.57. The molecule has 0 spiro atoms. The van der Waals surface area contributed by atoms with Gasteiger partial charge in [-0.3, -0.25) is 4.98 Å². The molecule has 1 aromatic heterocycles. The topological polar surface area (TPSA) is 77.2 Å². The number of hydrogen-bond acceptors (Lipinski definition) is 4. The average molecular weight is 195 g/mol. The summed E-state index contributed by atoms with van der Waals surface area (Å²) in [5, 5.41) is 3.07. The largest absolute Gasteiger partial charge is 0.448 e. The van der Waals surface area contributed by atoms with Crippen LogP contribution < -0.4 is 11.1 Å². The first-order chi connectivity index (χ1) is 6.68. The SMILES string of the molecule is Cc1cc(NCCOC(N)=O)ccn1. The zero-order valence-electron chi connectivity index (χ0n) is 7.99. The number of hydrogen-bond donors (Lipinski definition) is 2. The average Bonchev–Trinajstić information content (AvgIpc) is 2.12. The lowest BCUT2D eigenvalue weighted by Gasteiger charge is -2.06. The van der Waals surface area contributed by atoms with Gasteiger partial charge in [0.25, 0.3) is 0 Å². The molecule has 0 atom stereocenters. The van der Waals surface area contributed by atoms with Crippen molar-refractivity contribution in [3.63, 3.8) is 0 Å². The summed E-state index contributed by atoms with van der Waals surface area (Å²) in [5.74, 6) is 0. The molecular weight excluding hydrogens is 182 g/mol. The van der Waals surface area contributed by atoms with Crippen LogP contribution in [0.25, 0.3) is 0 Å². The fourth-order valence-electron chi connectivity index (χ4n) is 1.00. The minimum Gasteiger partial charge on any atom is -0.448 e. The Morgan fingerprint density at radius 1 is 1.71 bits per heavy atom. The highest BCUT2D eigenvalue weighted by molar-refractivity contribution is 5.64. The summed E-state index contributed by atoms with van der Waals surface area (Å²) in [7, 11) is 0. The van der Waals surface area contributed by atoms with Gasteiger partial charge in [0.2, 0.25) is 0 Å². The molecule has 0 unspecified atom stereocenters. The molecule has 0 aromatic carbocycles. The molecule has 3 N–H and O–H groups in total. The lowest BCUT2D eigenvalue weighted by atomic mass is 10.3. The second-order valence-electron chi connectivity index (χ2n) is 2.78. The van der Waals surface area contributed by atoms with Gasteiger partial charge in [0.05, 0.1) is 0 Å². The molecular formula is C9H13N3O2. The highest BCUT2D eigenvalue weighted by atomic mass is 16.5. The van der Waals surface area contributed by atoms with Crippen molar-refractivity contribution in [1.29, 1.82) is 0 Å². The van der Waals surface area contributed by atoms with Crippen molar-refractivity contribution in [2.24, 2.45) is 5.73 Å². The number of ether oxygens (including phenoxy) is 1. The number of carbonyl (C=O) groups is 1. The number of rotatable bonds is 4. The minimum absolute atomic E-state index is 0.261. The zero-order valence-corrected chi connectivity index (χ0v) is 7.99. The van der Waals surface area contributed by atoms with Crippen LogP contribution in [0.2, 0.25) is 0 Å². The van der Waals surface area contributed by atoms with Crippen molar-refractivity contribution in [2.75, 3.05) is 18.5 Å². The van der Waals surface area contributed by atoms with Crippen LogP contribution in [-0.4, -0.2) is 24.2 Å². The van der Waals surface area contributed by atoms with Gasteiger partial charge in [-0.15, -0.1) is 0 Å². The van der Waals surface area contributed by atoms with Gasteiger partial charge in [0, 0.05) is 24.1 Å². The quantitative estimate of drug-likeness (QED) is 0.699. The van der Waals surface area contributed by atoms with Crippen molar-refractivity contribution in [3.05, 3.63) is 24.0 Å². The summed E-state index contributed by atoms with van der Waals surface area (Å²) in [6.45, 7) is 2.70. The van der Waals surface area contributed by atoms with Crippen molar-refractivity contribution < 1.29 is 9.53 Å². The number of nitrogens with two attached hydrogens (primary N) is 1. The number of anilines is 1. The number of amides is 1. The van der Waals surface area contributed by atoms with E-state index in [1.165, 1.54) is 0 Å². The summed E-state index contributed by atoms with van der Waals surface area (Å²) in [5.41, 5.74) is 6.68. The van der Waals surface area contributed by atoms with E-state index in [4.69, 9.17) is 5.73 Å². The highest BCUT2D eigenvalue weighted by Gasteiger charge is 1.94. The van der Waals surface area contributed by atoms with E-state index in [9.17, 15) is 4.79 Å². The monoisotopic (exact) mass is 195 g/mol. The fourth-order valence-corrected chi connectivity index (χ4v) is 1.00. The lowest BCUT2D eigenvalue weighted by molar-refractivity contribution is 0.161. The van der Waals surface area contributed by atoms with E-state index < -0.39 is 6.09 Å². The maximum absolute atomic E-state index is 10.2. The second-order valence-corrected chi connectivity index (χ2v) is 2.78. The highest BCUT2D eigenvalue weighted by Crippen LogP contribution is 2.05. The first kappa shape index (κ1) is 10.3. The Labute approximate surface area is 82.3 Å². The van der Waals surface area contributed by atoms with E-state index in [-0.39, 0.29) is 6.61 Å². The zero-order chi connectivity index (χ0) is 10.4. The number of nitrogens with one attached hydrogen (secondary N) is 1. The molecule has 0 saturated heterocycles. The van der Waals surface area contributed by atoms with Gasteiger partial charge >= 0.3 is 6.09 Å². The molecule has 5 heteroatoms. The molecule has 0 bridgehead atoms. The number of aryl methyl sites for hydroxylation is 1. The summed E-state index contributed by atoms with van der Waals surface area (Å²) in [6, 6.07) is 3.75. The molecule has 1 rings (SSSR count). The van der Waals surface area contributed by atoms with Gasteiger partial charge < -0.3 is 15.8 Å². The summed E-state index contributed by atoms with van der Waals surface area (Å²) in [6.07, 6.45) is 0.963. The normalized spacial score (nSPS) is 9.50. The lowest BCUT2D eigenvalue weighted by Crippen LogP contribution is -2.18. The Kier molecular flexibility index (Phi) is 3.72. The number of carbonyl (C=O) groups excluding carboxylic acids is 1. The molecule has 0 radical (unpaired) electrons. The Bertz CT molecular complexity index is 315. The number of aromatic nitrogens is 1. The van der Waals surface area contributed by atoms with Gasteiger partial charge in [-0.2, -0.15) is 0 Å². The Hall–Kier alpha value is -1.78. The second kappa shape index (κ2) is 5.06. The van der Waals surface area contributed by atoms with Crippen molar-refractivity contribution in [3.8, 4) is 0 Å². The first-order valence-corrected chi connectivity index (χ1v) is 4.27. The van der Waals surface area contributed by atoms with Gasteiger partial charge in [0.15, 0.2) is 0 Å². The van der Waals surface area contributed by atoms with Crippen molar-refractivity contribution in [2.45, 2.75) is 6.92 Å². The standard InChI is InChI=1S/C9H13N3O2/c1-7-6-8(2-3-11-7)12-4-5-14-9(10)13/h2-3,6H,4-5H2,1H3,(H2,10,13)(H,11,12). The molecule has 0 aliphatic rings. The van der Waals surface area contributed by atoms with E-state index in [1.807, 2.05) is 19.1 Å². The Balaban J connectivity index is 2.28. The molecule has 76 valence electrons. The molecule has 1 heterocycles. The third-order valence-corrected chi connectivity index (χ3v) is 1.57. The summed E-state index contributed by atoms with van der Waals surface area (Å²) >= 11 is 0. The van der Waals surface area contributed by atoms with Crippen LogP contribution in [0.4, 0.5) is 10.5 Å². The smallest absolute Gasteiger partial charge is 0.404 e. The van der Waals surface area contributed by atoms with Crippen LogP contribution in [0.3, 0.4) is 0 Å². The molecule has 0 aliphatic carbocycles. The maximum Gasteiger partial charge on any atom is 0.404 e. The van der Waals surface area contributed by atoms with Crippen LogP contribution in [-0.2, 0) is 4.74 Å². The molecule has 5 nitrogen and oxygen atoms in total. The molecule has 14 heavy (non-hydrogen) atoms. The fraction of sp³-hybridized carbons (Fsp3) is 0.333. The number of nitrogens with zero attached hydrogens (tertiary/aromatic N) is 1. The van der Waals surface area contributed by atoms with Crippen LogP contribution in [0.1, 0.15) is 5.69 Å². The Morgan fingerprint density at radius 3 is 3.14 bits per heavy atom. The molecule has 1 amide bonds. The first-order valence-electron chi connectivity index (χ1n) is 4.27. The van der Waals surface area contributed by atoms with Gasteiger partial charge in [-0.25, -0.2) is 4.79 Å². The maximum atomic E-state index is 10.2. The number of primary amides is 1. The van der Waals surface area contributed by atoms with E-state index in [0.29, 0.717) is 6.54 Å². The third kappa shape index (κ3) is 3.75.